The van der Waals surface area contributed by atoms with Gasteiger partial charge in [-0.25, -0.2) is 0 Å². The molecule has 0 atom stereocenters. The third-order valence-electron chi connectivity index (χ3n) is 4.77. The molecule has 0 radical (unpaired) electrons. The van der Waals surface area contributed by atoms with Crippen LogP contribution in [-0.4, -0.2) is 36.0 Å². The molecular weight excluding hydrogens is 314 g/mol. The third-order valence-corrected chi connectivity index (χ3v) is 4.77. The Morgan fingerprint density at radius 2 is 2.24 bits per heavy atom. The molecule has 1 aliphatic rings. The van der Waals surface area contributed by atoms with E-state index in [4.69, 9.17) is 4.42 Å². The number of carbonyl (C=O) groups excluding carboxylic acids is 1. The summed E-state index contributed by atoms with van der Waals surface area (Å²) in [7, 11) is 2.14. The molecule has 3 aromatic rings. The average molecular weight is 335 g/mol. The van der Waals surface area contributed by atoms with E-state index < -0.39 is 0 Å². The highest BCUT2D eigenvalue weighted by molar-refractivity contribution is 5.96. The summed E-state index contributed by atoms with van der Waals surface area (Å²) < 4.78 is 7.73. The van der Waals surface area contributed by atoms with Crippen LogP contribution in [-0.2, 0) is 11.3 Å². The number of anilines is 1. The van der Waals surface area contributed by atoms with Gasteiger partial charge in [0.2, 0.25) is 6.41 Å². The monoisotopic (exact) mass is 335 g/mol. The van der Waals surface area contributed by atoms with Crippen molar-refractivity contribution in [3.63, 3.8) is 0 Å². The Balaban J connectivity index is 1.81. The summed E-state index contributed by atoms with van der Waals surface area (Å²) in [4.78, 5) is 13.1. The van der Waals surface area contributed by atoms with Crippen molar-refractivity contribution in [2.24, 2.45) is 0 Å². The SMILES string of the molecule is CN1CC=C(c2cn(Cc3ccco3)c3ccc(NC=O)cc23)CC1. The Morgan fingerprint density at radius 3 is 2.96 bits per heavy atom. The van der Waals surface area contributed by atoms with Gasteiger partial charge in [-0.15, -0.1) is 0 Å². The van der Waals surface area contributed by atoms with Gasteiger partial charge in [-0.1, -0.05) is 6.08 Å². The average Bonchev–Trinajstić information content (AvgIpc) is 3.25. The van der Waals surface area contributed by atoms with Crippen LogP contribution in [0.5, 0.6) is 0 Å². The fourth-order valence-corrected chi connectivity index (χ4v) is 3.43. The molecule has 1 amide bonds. The largest absolute Gasteiger partial charge is 0.467 e. The normalized spacial score (nSPS) is 15.3. The maximum absolute atomic E-state index is 10.8. The first-order chi connectivity index (χ1) is 12.2. The highest BCUT2D eigenvalue weighted by Gasteiger charge is 2.16. The molecule has 0 fully saturated rings. The minimum absolute atomic E-state index is 0.692. The number of likely N-dealkylation sites (N-methyl/N-ethyl adjacent to an activating group) is 1. The first-order valence-corrected chi connectivity index (χ1v) is 8.48. The molecule has 2 aromatic heterocycles. The molecule has 1 N–H and O–H groups in total. The number of carbonyl (C=O) groups is 1. The molecular formula is C20H21N3O2. The second-order valence-electron chi connectivity index (χ2n) is 6.49. The minimum Gasteiger partial charge on any atom is -0.467 e. The number of fused-ring (bicyclic) bond motifs is 1. The van der Waals surface area contributed by atoms with Crippen LogP contribution >= 0.6 is 0 Å². The van der Waals surface area contributed by atoms with E-state index in [-0.39, 0.29) is 0 Å². The van der Waals surface area contributed by atoms with Gasteiger partial charge in [0.25, 0.3) is 0 Å². The lowest BCUT2D eigenvalue weighted by molar-refractivity contribution is -0.105. The van der Waals surface area contributed by atoms with E-state index in [0.717, 1.165) is 48.3 Å². The van der Waals surface area contributed by atoms with E-state index >= 15 is 0 Å². The number of aromatic nitrogens is 1. The fraction of sp³-hybridized carbons (Fsp3) is 0.250. The third kappa shape index (κ3) is 3.10. The van der Waals surface area contributed by atoms with Crippen molar-refractivity contribution in [2.45, 2.75) is 13.0 Å². The number of furan rings is 1. The highest BCUT2D eigenvalue weighted by Crippen LogP contribution is 2.33. The predicted octanol–water partition coefficient (Wildman–Crippen LogP) is 3.57. The standard InChI is InChI=1S/C20H21N3O2/c1-22-8-6-15(7-9-22)19-13-23(12-17-3-2-10-25-17)20-5-4-16(21-14-24)11-18(19)20/h2-6,10-11,13-14H,7-9,12H2,1H3,(H,21,24). The maximum Gasteiger partial charge on any atom is 0.211 e. The summed E-state index contributed by atoms with van der Waals surface area (Å²) in [5.41, 5.74) is 4.56. The van der Waals surface area contributed by atoms with Gasteiger partial charge in [0, 0.05) is 41.4 Å². The van der Waals surface area contributed by atoms with Crippen molar-refractivity contribution in [3.05, 3.63) is 60.2 Å². The molecule has 0 bridgehead atoms. The van der Waals surface area contributed by atoms with E-state index in [1.807, 2.05) is 18.2 Å². The molecule has 0 spiro atoms. The quantitative estimate of drug-likeness (QED) is 0.725. The second kappa shape index (κ2) is 6.61. The van der Waals surface area contributed by atoms with Gasteiger partial charge in [0.15, 0.2) is 0 Å². The summed E-state index contributed by atoms with van der Waals surface area (Å²) in [5.74, 6) is 0.927. The summed E-state index contributed by atoms with van der Waals surface area (Å²) in [6, 6.07) is 9.94. The minimum atomic E-state index is 0.692. The topological polar surface area (TPSA) is 50.4 Å². The van der Waals surface area contributed by atoms with E-state index in [9.17, 15) is 4.79 Å². The molecule has 0 saturated heterocycles. The van der Waals surface area contributed by atoms with Crippen molar-refractivity contribution in [3.8, 4) is 0 Å². The summed E-state index contributed by atoms with van der Waals surface area (Å²) in [6.07, 6.45) is 7.95. The van der Waals surface area contributed by atoms with Crippen molar-refractivity contribution >= 4 is 28.6 Å². The van der Waals surface area contributed by atoms with E-state index in [2.05, 4.69) is 46.2 Å². The number of hydrogen-bond acceptors (Lipinski definition) is 3. The molecule has 5 heteroatoms. The molecule has 4 rings (SSSR count). The van der Waals surface area contributed by atoms with Gasteiger partial charge in [0.1, 0.15) is 5.76 Å². The summed E-state index contributed by atoms with van der Waals surface area (Å²) in [5, 5.41) is 3.92. The number of benzene rings is 1. The van der Waals surface area contributed by atoms with E-state index in [0.29, 0.717) is 6.54 Å². The molecule has 128 valence electrons. The van der Waals surface area contributed by atoms with Crippen LogP contribution in [0.3, 0.4) is 0 Å². The summed E-state index contributed by atoms with van der Waals surface area (Å²) in [6.45, 7) is 2.71. The van der Waals surface area contributed by atoms with Crippen molar-refractivity contribution in [1.29, 1.82) is 0 Å². The highest BCUT2D eigenvalue weighted by atomic mass is 16.3. The number of nitrogens with zero attached hydrogens (tertiary/aromatic N) is 2. The molecule has 5 nitrogen and oxygen atoms in total. The Morgan fingerprint density at radius 1 is 1.32 bits per heavy atom. The lowest BCUT2D eigenvalue weighted by atomic mass is 9.99. The molecule has 0 saturated carbocycles. The van der Waals surface area contributed by atoms with Crippen LogP contribution < -0.4 is 5.32 Å². The molecule has 1 aromatic carbocycles. The molecule has 1 aliphatic heterocycles. The van der Waals surface area contributed by atoms with Gasteiger partial charge in [-0.2, -0.15) is 0 Å². The van der Waals surface area contributed by atoms with Gasteiger partial charge in [-0.3, -0.25) is 4.79 Å². The lowest BCUT2D eigenvalue weighted by Crippen LogP contribution is -2.23. The molecule has 3 heterocycles. The van der Waals surface area contributed by atoms with E-state index in [1.165, 1.54) is 11.1 Å². The van der Waals surface area contributed by atoms with Gasteiger partial charge in [0.05, 0.1) is 12.8 Å². The Labute approximate surface area is 146 Å². The first kappa shape index (κ1) is 15.7. The first-order valence-electron chi connectivity index (χ1n) is 8.48. The van der Waals surface area contributed by atoms with Crippen LogP contribution in [0.15, 0.2) is 53.3 Å². The smallest absolute Gasteiger partial charge is 0.211 e. The Hall–Kier alpha value is -2.79. The van der Waals surface area contributed by atoms with Crippen LogP contribution in [0, 0.1) is 0 Å². The zero-order valence-corrected chi connectivity index (χ0v) is 14.2. The van der Waals surface area contributed by atoms with Crippen LogP contribution in [0.4, 0.5) is 5.69 Å². The number of hydrogen-bond donors (Lipinski definition) is 1. The van der Waals surface area contributed by atoms with E-state index in [1.54, 1.807) is 6.26 Å². The predicted molar refractivity (Wildman–Crippen MR) is 99.5 cm³/mol. The fourth-order valence-electron chi connectivity index (χ4n) is 3.43. The van der Waals surface area contributed by atoms with Crippen molar-refractivity contribution < 1.29 is 9.21 Å². The second-order valence-corrected chi connectivity index (χ2v) is 6.49. The summed E-state index contributed by atoms with van der Waals surface area (Å²) >= 11 is 0. The lowest BCUT2D eigenvalue weighted by Gasteiger charge is -2.21. The number of amides is 1. The number of rotatable bonds is 5. The van der Waals surface area contributed by atoms with Crippen molar-refractivity contribution in [2.75, 3.05) is 25.5 Å². The molecule has 0 unspecified atom stereocenters. The van der Waals surface area contributed by atoms with Gasteiger partial charge >= 0.3 is 0 Å². The molecule has 0 aliphatic carbocycles. The van der Waals surface area contributed by atoms with Crippen LogP contribution in [0.25, 0.3) is 16.5 Å². The molecule has 25 heavy (non-hydrogen) atoms. The zero-order valence-electron chi connectivity index (χ0n) is 14.2. The Kier molecular flexibility index (Phi) is 4.15. The van der Waals surface area contributed by atoms with Gasteiger partial charge in [-0.05, 0) is 49.4 Å². The van der Waals surface area contributed by atoms with Gasteiger partial charge < -0.3 is 19.2 Å². The maximum atomic E-state index is 10.8. The van der Waals surface area contributed by atoms with Crippen LogP contribution in [0.2, 0.25) is 0 Å². The number of nitrogens with one attached hydrogen (secondary N) is 1. The van der Waals surface area contributed by atoms with Crippen molar-refractivity contribution in [1.82, 2.24) is 9.47 Å². The van der Waals surface area contributed by atoms with Crippen LogP contribution in [0.1, 0.15) is 17.7 Å². The zero-order chi connectivity index (χ0) is 17.2. The Bertz CT molecular complexity index is 922.